The van der Waals surface area contributed by atoms with Crippen LogP contribution in [0.4, 0.5) is 4.39 Å². The van der Waals surface area contributed by atoms with Gasteiger partial charge in [0.2, 0.25) is 6.10 Å². The zero-order valence-corrected chi connectivity index (χ0v) is 17.5. The zero-order chi connectivity index (χ0) is 19.5. The molecule has 1 aromatic carbocycles. The Morgan fingerprint density at radius 3 is 2.73 bits per heavy atom. The van der Waals surface area contributed by atoms with Crippen LogP contribution in [0.1, 0.15) is 31.1 Å². The monoisotopic (exact) mass is 486 g/mol. The van der Waals surface area contributed by atoms with Crippen LogP contribution >= 0.6 is 31.9 Å². The number of nitrogens with zero attached hydrogens (tertiary/aromatic N) is 2. The van der Waals surface area contributed by atoms with Crippen molar-refractivity contribution >= 4 is 44.0 Å². The van der Waals surface area contributed by atoms with E-state index in [0.29, 0.717) is 5.56 Å². The third kappa shape index (κ3) is 4.51. The fraction of sp³-hybridized carbons (Fsp3) is 0.389. The maximum atomic E-state index is 13.8. The third-order valence-corrected chi connectivity index (χ3v) is 4.97. The average Bonchev–Trinajstić information content (AvgIpc) is 3.11. The summed E-state index contributed by atoms with van der Waals surface area (Å²) in [6, 6.07) is 5.95. The number of benzene rings is 1. The van der Waals surface area contributed by atoms with Crippen molar-refractivity contribution in [1.29, 1.82) is 5.26 Å². The van der Waals surface area contributed by atoms with E-state index < -0.39 is 17.9 Å². The Hall–Kier alpha value is -1.72. The first-order valence-electron chi connectivity index (χ1n) is 7.71. The predicted octanol–water partition coefficient (Wildman–Crippen LogP) is 4.82. The summed E-state index contributed by atoms with van der Waals surface area (Å²) in [6.45, 7) is 3.92. The lowest BCUT2D eigenvalue weighted by Crippen LogP contribution is -2.15. The first-order chi connectivity index (χ1) is 12.2. The van der Waals surface area contributed by atoms with E-state index in [1.807, 2.05) is 26.0 Å². The highest BCUT2D eigenvalue weighted by Crippen LogP contribution is 2.60. The number of carbonyl (C=O) groups is 1. The van der Waals surface area contributed by atoms with Gasteiger partial charge < -0.3 is 9.57 Å². The van der Waals surface area contributed by atoms with Crippen LogP contribution in [0.5, 0.6) is 0 Å². The van der Waals surface area contributed by atoms with Crippen molar-refractivity contribution in [2.45, 2.75) is 20.0 Å². The molecule has 1 aliphatic rings. The van der Waals surface area contributed by atoms with Crippen LogP contribution < -0.4 is 0 Å². The first-order valence-corrected chi connectivity index (χ1v) is 9.29. The molecule has 8 heteroatoms. The second-order valence-electron chi connectivity index (χ2n) is 6.43. The van der Waals surface area contributed by atoms with Crippen LogP contribution in [0.3, 0.4) is 0 Å². The molecule has 0 amide bonds. The van der Waals surface area contributed by atoms with Crippen LogP contribution in [0.25, 0.3) is 0 Å². The Balaban J connectivity index is 2.18. The number of esters is 1. The molecule has 0 radical (unpaired) electrons. The Bertz CT molecular complexity index is 798. The van der Waals surface area contributed by atoms with Gasteiger partial charge >= 0.3 is 5.97 Å². The van der Waals surface area contributed by atoms with E-state index in [9.17, 15) is 14.4 Å². The normalized spacial score (nSPS) is 21.6. The number of allylic oxidation sites excluding steroid dienone is 1. The van der Waals surface area contributed by atoms with Crippen molar-refractivity contribution in [2.75, 3.05) is 7.11 Å². The third-order valence-electron chi connectivity index (χ3n) is 4.44. The summed E-state index contributed by atoms with van der Waals surface area (Å²) in [5.74, 6) is -1.33. The Labute approximate surface area is 168 Å². The van der Waals surface area contributed by atoms with Gasteiger partial charge in [-0.05, 0) is 55.3 Å². The second-order valence-corrected chi connectivity index (χ2v) is 9.20. The van der Waals surface area contributed by atoms with Crippen molar-refractivity contribution in [1.82, 2.24) is 0 Å². The van der Waals surface area contributed by atoms with Gasteiger partial charge in [0.1, 0.15) is 19.0 Å². The van der Waals surface area contributed by atoms with Gasteiger partial charge in [-0.25, -0.2) is 4.39 Å². The van der Waals surface area contributed by atoms with Crippen molar-refractivity contribution in [3.63, 3.8) is 0 Å². The maximum Gasteiger partial charge on any atom is 0.311 e. The molecule has 5 nitrogen and oxygen atoms in total. The smallest absolute Gasteiger partial charge is 0.311 e. The quantitative estimate of drug-likeness (QED) is 0.327. The van der Waals surface area contributed by atoms with E-state index in [4.69, 9.17) is 4.74 Å². The minimum atomic E-state index is -1.13. The van der Waals surface area contributed by atoms with Gasteiger partial charge in [0.15, 0.2) is 0 Å². The molecular weight excluding hydrogens is 471 g/mol. The highest BCUT2D eigenvalue weighted by atomic mass is 79.9. The molecule has 0 heterocycles. The minimum absolute atomic E-state index is 0.000655. The van der Waals surface area contributed by atoms with Gasteiger partial charge in [0.05, 0.1) is 15.5 Å². The fourth-order valence-electron chi connectivity index (χ4n) is 2.87. The lowest BCUT2D eigenvalue weighted by atomic mass is 10.1. The Kier molecular flexibility index (Phi) is 6.58. The molecule has 2 rings (SSSR count). The summed E-state index contributed by atoms with van der Waals surface area (Å²) in [5.41, 5.74) is 0.242. The van der Waals surface area contributed by atoms with E-state index >= 15 is 0 Å². The number of nitriles is 1. The molecule has 0 N–H and O–H groups in total. The summed E-state index contributed by atoms with van der Waals surface area (Å²) in [4.78, 5) is 17.1. The van der Waals surface area contributed by atoms with Crippen LogP contribution in [-0.2, 0) is 14.4 Å². The number of halogens is 3. The summed E-state index contributed by atoms with van der Waals surface area (Å²) < 4.78 is 19.9. The van der Waals surface area contributed by atoms with Crippen LogP contribution in [-0.4, -0.2) is 19.3 Å². The summed E-state index contributed by atoms with van der Waals surface area (Å²) >= 11 is 6.59. The molecule has 138 valence electrons. The number of carbonyl (C=O) groups excluding carboxylic acids is 1. The molecule has 3 atom stereocenters. The van der Waals surface area contributed by atoms with Crippen LogP contribution in [0.15, 0.2) is 32.8 Å². The van der Waals surface area contributed by atoms with Gasteiger partial charge in [-0.3, -0.25) is 4.79 Å². The summed E-state index contributed by atoms with van der Waals surface area (Å²) in [7, 11) is 1.34. The van der Waals surface area contributed by atoms with E-state index in [1.54, 1.807) is 0 Å². The molecule has 0 saturated heterocycles. The van der Waals surface area contributed by atoms with Crippen LogP contribution in [0, 0.1) is 34.4 Å². The summed E-state index contributed by atoms with van der Waals surface area (Å²) in [5, 5.41) is 12.9. The van der Waals surface area contributed by atoms with Gasteiger partial charge in [-0.2, -0.15) is 5.26 Å². The molecule has 0 bridgehead atoms. The number of hydrogen-bond donors (Lipinski definition) is 0. The van der Waals surface area contributed by atoms with Gasteiger partial charge in [0, 0.05) is 11.1 Å². The molecule has 1 aromatic rings. The molecule has 0 aliphatic heterocycles. The van der Waals surface area contributed by atoms with Crippen molar-refractivity contribution in [3.8, 4) is 6.07 Å². The number of oxime groups is 1. The molecule has 1 saturated carbocycles. The van der Waals surface area contributed by atoms with Crippen molar-refractivity contribution in [3.05, 3.63) is 44.6 Å². The molecular formula is C18H17Br2FN2O3. The minimum Gasteiger partial charge on any atom is -0.442 e. The lowest BCUT2D eigenvalue weighted by molar-refractivity contribution is -0.149. The molecule has 1 fully saturated rings. The van der Waals surface area contributed by atoms with E-state index in [-0.39, 0.29) is 22.8 Å². The first kappa shape index (κ1) is 20.6. The van der Waals surface area contributed by atoms with E-state index in [0.717, 1.165) is 3.39 Å². The Morgan fingerprint density at radius 1 is 1.46 bits per heavy atom. The summed E-state index contributed by atoms with van der Waals surface area (Å²) in [6.07, 6.45) is 1.95. The molecule has 0 spiro atoms. The largest absolute Gasteiger partial charge is 0.442 e. The van der Waals surface area contributed by atoms with E-state index in [2.05, 4.69) is 41.9 Å². The molecule has 1 unspecified atom stereocenters. The molecule has 0 aromatic heterocycles. The fourth-order valence-corrected chi connectivity index (χ4v) is 3.44. The average molecular weight is 488 g/mol. The standard InChI is InChI=1S/C18H17Br2FN2O3/c1-18(2)12(7-15(19)20)16(18)17(24)26-14(8-22)10-4-5-13(21)11(6-10)9-23-25-3/h4-7,9,12,14,16H,1-3H3/b23-9+/t12-,14?,16-/m0/s1. The van der Waals surface area contributed by atoms with Crippen molar-refractivity contribution < 1.29 is 18.8 Å². The Morgan fingerprint density at radius 2 is 2.15 bits per heavy atom. The number of ether oxygens (including phenoxy) is 1. The second kappa shape index (κ2) is 8.31. The highest BCUT2D eigenvalue weighted by Gasteiger charge is 2.61. The van der Waals surface area contributed by atoms with Crippen molar-refractivity contribution in [2.24, 2.45) is 22.4 Å². The molecule has 1 aliphatic carbocycles. The zero-order valence-electron chi connectivity index (χ0n) is 14.4. The number of rotatable bonds is 6. The van der Waals surface area contributed by atoms with Crippen LogP contribution in [0.2, 0.25) is 0 Å². The van der Waals surface area contributed by atoms with Gasteiger partial charge in [-0.15, -0.1) is 0 Å². The van der Waals surface area contributed by atoms with E-state index in [1.165, 1.54) is 31.5 Å². The van der Waals surface area contributed by atoms with Gasteiger partial charge in [-0.1, -0.05) is 31.1 Å². The highest BCUT2D eigenvalue weighted by molar-refractivity contribution is 9.28. The number of hydrogen-bond acceptors (Lipinski definition) is 5. The lowest BCUT2D eigenvalue weighted by Gasteiger charge is -2.13. The molecule has 26 heavy (non-hydrogen) atoms. The van der Waals surface area contributed by atoms with Gasteiger partial charge in [0.25, 0.3) is 0 Å². The SMILES string of the molecule is CO/N=C/c1cc(C(C#N)OC(=O)[C@@H]2[C@H](C=C(Br)Br)C2(C)C)ccc1F. The maximum absolute atomic E-state index is 13.8. The topological polar surface area (TPSA) is 71.7 Å². The predicted molar refractivity (Wildman–Crippen MR) is 102 cm³/mol.